The molecule has 2 atom stereocenters. The van der Waals surface area contributed by atoms with Crippen molar-refractivity contribution in [3.63, 3.8) is 0 Å². The highest BCUT2D eigenvalue weighted by Gasteiger charge is 2.27. The Morgan fingerprint density at radius 3 is 2.65 bits per heavy atom. The van der Waals surface area contributed by atoms with Crippen LogP contribution in [0.3, 0.4) is 0 Å². The first-order valence-electron chi connectivity index (χ1n) is 8.18. The third-order valence-electron chi connectivity index (χ3n) is 4.53. The van der Waals surface area contributed by atoms with Crippen molar-refractivity contribution in [3.8, 4) is 0 Å². The van der Waals surface area contributed by atoms with Gasteiger partial charge in [-0.2, -0.15) is 5.10 Å². The minimum atomic E-state index is 0.686. The van der Waals surface area contributed by atoms with Crippen LogP contribution < -0.4 is 5.32 Å². The average Bonchev–Trinajstić information content (AvgIpc) is 2.77. The third-order valence-corrected chi connectivity index (χ3v) is 5.44. The molecule has 1 N–H and O–H groups in total. The van der Waals surface area contributed by atoms with E-state index in [4.69, 9.17) is 5.10 Å². The summed E-state index contributed by atoms with van der Waals surface area (Å²) in [6, 6.07) is 0.686. The zero-order chi connectivity index (χ0) is 14.5. The van der Waals surface area contributed by atoms with E-state index >= 15 is 0 Å². The van der Waals surface area contributed by atoms with Gasteiger partial charge in [0.25, 0.3) is 0 Å². The molecule has 2 rings (SSSR count). The van der Waals surface area contributed by atoms with Crippen LogP contribution in [0.25, 0.3) is 0 Å². The van der Waals surface area contributed by atoms with Gasteiger partial charge in [-0.15, -0.1) is 0 Å². The largest absolute Gasteiger partial charge is 0.314 e. The third kappa shape index (κ3) is 3.45. The van der Waals surface area contributed by atoms with Crippen molar-refractivity contribution in [3.05, 3.63) is 15.9 Å². The molecule has 0 radical (unpaired) electrons. The first kappa shape index (κ1) is 16.0. The highest BCUT2D eigenvalue weighted by Crippen LogP contribution is 2.31. The second kappa shape index (κ2) is 7.60. The summed E-state index contributed by atoms with van der Waals surface area (Å²) in [6.07, 6.45) is 7.59. The first-order valence-corrected chi connectivity index (χ1v) is 8.97. The molecule has 1 aromatic heterocycles. The Bertz CT molecular complexity index is 426. The maximum atomic E-state index is 4.73. The van der Waals surface area contributed by atoms with Crippen molar-refractivity contribution in [2.45, 2.75) is 71.9 Å². The predicted molar refractivity (Wildman–Crippen MR) is 88.1 cm³/mol. The maximum absolute atomic E-state index is 4.73. The van der Waals surface area contributed by atoms with Crippen LogP contribution in [0.4, 0.5) is 0 Å². The van der Waals surface area contributed by atoms with Crippen LogP contribution >= 0.6 is 15.9 Å². The van der Waals surface area contributed by atoms with Crippen LogP contribution in [-0.2, 0) is 19.4 Å². The molecule has 2 unspecified atom stereocenters. The quantitative estimate of drug-likeness (QED) is 0.849. The smallest absolute Gasteiger partial charge is 0.0766 e. The van der Waals surface area contributed by atoms with Gasteiger partial charge >= 0.3 is 0 Å². The van der Waals surface area contributed by atoms with E-state index in [-0.39, 0.29) is 0 Å². The highest BCUT2D eigenvalue weighted by molar-refractivity contribution is 9.10. The van der Waals surface area contributed by atoms with Crippen molar-refractivity contribution in [2.24, 2.45) is 5.92 Å². The van der Waals surface area contributed by atoms with E-state index in [1.165, 1.54) is 41.5 Å². The van der Waals surface area contributed by atoms with E-state index in [2.05, 4.69) is 46.7 Å². The summed E-state index contributed by atoms with van der Waals surface area (Å²) < 4.78 is 3.45. The lowest BCUT2D eigenvalue weighted by Crippen LogP contribution is -2.39. The Hall–Kier alpha value is -0.350. The molecule has 0 amide bonds. The molecule has 1 saturated carbocycles. The molecule has 0 bridgehead atoms. The van der Waals surface area contributed by atoms with Crippen LogP contribution in [0, 0.1) is 5.92 Å². The van der Waals surface area contributed by atoms with Gasteiger partial charge in [0.15, 0.2) is 0 Å². The lowest BCUT2D eigenvalue weighted by atomic mass is 9.81. The Kier molecular flexibility index (Phi) is 6.09. The Morgan fingerprint density at radius 2 is 2.00 bits per heavy atom. The number of hydrogen-bond donors (Lipinski definition) is 1. The number of halogens is 1. The van der Waals surface area contributed by atoms with Crippen molar-refractivity contribution in [1.82, 2.24) is 15.1 Å². The fraction of sp³-hybridized carbons (Fsp3) is 0.812. The standard InChI is InChI=1S/C16H28BrN3/c1-4-13-16(17)15(20(6-3)19-13)11-12-9-7-8-10-14(12)18-5-2/h12,14,18H,4-11H2,1-3H3. The van der Waals surface area contributed by atoms with Gasteiger partial charge in [0, 0.05) is 12.6 Å². The molecule has 1 fully saturated rings. The number of nitrogens with one attached hydrogen (secondary N) is 1. The zero-order valence-corrected chi connectivity index (χ0v) is 14.7. The molecule has 0 spiro atoms. The molecule has 1 aromatic rings. The van der Waals surface area contributed by atoms with Crippen LogP contribution in [0.15, 0.2) is 4.47 Å². The van der Waals surface area contributed by atoms with Gasteiger partial charge in [0.1, 0.15) is 0 Å². The summed E-state index contributed by atoms with van der Waals surface area (Å²) in [4.78, 5) is 0. The fourth-order valence-corrected chi connectivity index (χ4v) is 4.17. The van der Waals surface area contributed by atoms with Crippen LogP contribution in [-0.4, -0.2) is 22.4 Å². The van der Waals surface area contributed by atoms with E-state index in [9.17, 15) is 0 Å². The van der Waals surface area contributed by atoms with Gasteiger partial charge in [0.2, 0.25) is 0 Å². The molecule has 3 nitrogen and oxygen atoms in total. The SMILES string of the molecule is CCNC1CCCCC1Cc1c(Br)c(CC)nn1CC. The number of hydrogen-bond acceptors (Lipinski definition) is 2. The van der Waals surface area contributed by atoms with Gasteiger partial charge < -0.3 is 5.32 Å². The molecule has 0 saturated heterocycles. The summed E-state index contributed by atoms with van der Waals surface area (Å²) >= 11 is 3.79. The normalized spacial score (nSPS) is 23.2. The van der Waals surface area contributed by atoms with E-state index in [0.717, 1.165) is 31.8 Å². The second-order valence-corrected chi connectivity index (χ2v) is 6.58. The molecule has 0 aromatic carbocycles. The summed E-state index contributed by atoms with van der Waals surface area (Å²) in [7, 11) is 0. The van der Waals surface area contributed by atoms with Crippen molar-refractivity contribution < 1.29 is 0 Å². The lowest BCUT2D eigenvalue weighted by molar-refractivity contribution is 0.260. The minimum absolute atomic E-state index is 0.686. The van der Waals surface area contributed by atoms with Crippen LogP contribution in [0.2, 0.25) is 0 Å². The fourth-order valence-electron chi connectivity index (χ4n) is 3.44. The monoisotopic (exact) mass is 341 g/mol. The minimum Gasteiger partial charge on any atom is -0.314 e. The van der Waals surface area contributed by atoms with Gasteiger partial charge in [-0.05, 0) is 61.0 Å². The van der Waals surface area contributed by atoms with Crippen molar-refractivity contribution in [1.29, 1.82) is 0 Å². The molecule has 114 valence electrons. The summed E-state index contributed by atoms with van der Waals surface area (Å²) in [5, 5.41) is 8.42. The summed E-state index contributed by atoms with van der Waals surface area (Å²) in [5.74, 6) is 0.756. The Morgan fingerprint density at radius 1 is 1.25 bits per heavy atom. The Labute approximate surface area is 131 Å². The molecule has 0 aliphatic heterocycles. The maximum Gasteiger partial charge on any atom is 0.0766 e. The second-order valence-electron chi connectivity index (χ2n) is 5.79. The number of rotatable bonds is 6. The van der Waals surface area contributed by atoms with Gasteiger partial charge in [-0.1, -0.05) is 26.7 Å². The predicted octanol–water partition coefficient (Wildman–Crippen LogP) is 3.94. The molecule has 4 heteroatoms. The van der Waals surface area contributed by atoms with Gasteiger partial charge in [-0.3, -0.25) is 4.68 Å². The topological polar surface area (TPSA) is 29.9 Å². The molecule has 1 aliphatic carbocycles. The molecular formula is C16H28BrN3. The molecule has 20 heavy (non-hydrogen) atoms. The van der Waals surface area contributed by atoms with E-state index in [1.54, 1.807) is 0 Å². The van der Waals surface area contributed by atoms with E-state index in [0.29, 0.717) is 6.04 Å². The highest BCUT2D eigenvalue weighted by atomic mass is 79.9. The van der Waals surface area contributed by atoms with E-state index in [1.807, 2.05) is 0 Å². The first-order chi connectivity index (χ1) is 9.71. The zero-order valence-electron chi connectivity index (χ0n) is 13.1. The number of nitrogens with zero attached hydrogens (tertiary/aromatic N) is 2. The van der Waals surface area contributed by atoms with Crippen LogP contribution in [0.5, 0.6) is 0 Å². The Balaban J connectivity index is 2.17. The number of aromatic nitrogens is 2. The lowest BCUT2D eigenvalue weighted by Gasteiger charge is -2.32. The van der Waals surface area contributed by atoms with E-state index < -0.39 is 0 Å². The summed E-state index contributed by atoms with van der Waals surface area (Å²) in [5.41, 5.74) is 2.61. The molecular weight excluding hydrogens is 314 g/mol. The van der Waals surface area contributed by atoms with Gasteiger partial charge in [-0.25, -0.2) is 0 Å². The molecule has 1 heterocycles. The average molecular weight is 342 g/mol. The molecule has 1 aliphatic rings. The van der Waals surface area contributed by atoms with Crippen molar-refractivity contribution in [2.75, 3.05) is 6.54 Å². The number of aryl methyl sites for hydroxylation is 2. The summed E-state index contributed by atoms with van der Waals surface area (Å²) in [6.45, 7) is 8.62. The van der Waals surface area contributed by atoms with Gasteiger partial charge in [0.05, 0.1) is 15.9 Å². The van der Waals surface area contributed by atoms with Crippen molar-refractivity contribution >= 4 is 15.9 Å². The van der Waals surface area contributed by atoms with Crippen LogP contribution in [0.1, 0.15) is 57.8 Å².